The lowest BCUT2D eigenvalue weighted by Gasteiger charge is -2.21. The van der Waals surface area contributed by atoms with Gasteiger partial charge in [0.25, 0.3) is 5.91 Å². The van der Waals surface area contributed by atoms with Gasteiger partial charge < -0.3 is 15.1 Å². The minimum atomic E-state index is -1.43. The summed E-state index contributed by atoms with van der Waals surface area (Å²) < 4.78 is 0. The van der Waals surface area contributed by atoms with E-state index in [-0.39, 0.29) is 12.3 Å². The predicted molar refractivity (Wildman–Crippen MR) is 102 cm³/mol. The molecule has 0 aliphatic heterocycles. The van der Waals surface area contributed by atoms with E-state index in [0.717, 1.165) is 5.56 Å². The van der Waals surface area contributed by atoms with E-state index in [4.69, 9.17) is 21.8 Å². The molecular formula is C20H20ClNO5. The molecule has 2 aromatic carbocycles. The highest BCUT2D eigenvalue weighted by Gasteiger charge is 2.25. The Hall–Kier alpha value is -2.86. The first-order valence-electron chi connectivity index (χ1n) is 8.38. The van der Waals surface area contributed by atoms with Crippen LogP contribution < -0.4 is 4.90 Å². The van der Waals surface area contributed by atoms with Gasteiger partial charge in [0.05, 0.1) is 0 Å². The average Bonchev–Trinajstić information content (AvgIpc) is 2.64. The number of aryl methyl sites for hydroxylation is 1. The molecule has 1 amide bonds. The molecule has 0 aliphatic rings. The van der Waals surface area contributed by atoms with Crippen molar-refractivity contribution in [2.75, 3.05) is 11.9 Å². The van der Waals surface area contributed by atoms with Crippen LogP contribution in [0.15, 0.2) is 48.5 Å². The highest BCUT2D eigenvalue weighted by molar-refractivity contribution is 6.30. The Morgan fingerprint density at radius 3 is 2.19 bits per heavy atom. The van der Waals surface area contributed by atoms with Crippen LogP contribution >= 0.6 is 11.6 Å². The molecule has 0 bridgehead atoms. The summed E-state index contributed by atoms with van der Waals surface area (Å²) in [5.41, 5.74) is 2.03. The number of halogens is 1. The van der Waals surface area contributed by atoms with E-state index in [9.17, 15) is 14.4 Å². The van der Waals surface area contributed by atoms with Crippen LogP contribution in [0.1, 0.15) is 28.8 Å². The summed E-state index contributed by atoms with van der Waals surface area (Å²) in [6, 6.07) is 13.9. The zero-order chi connectivity index (χ0) is 20.0. The summed E-state index contributed by atoms with van der Waals surface area (Å²) in [6.45, 7) is 0. The molecule has 6 nitrogen and oxygen atoms in total. The molecule has 0 fully saturated rings. The third-order valence-corrected chi connectivity index (χ3v) is 4.54. The summed E-state index contributed by atoms with van der Waals surface area (Å²) in [6.07, 6.45) is 0.864. The molecule has 0 saturated heterocycles. The van der Waals surface area contributed by atoms with Gasteiger partial charge in [-0.1, -0.05) is 29.8 Å². The molecule has 0 saturated carbocycles. The Bertz CT molecular complexity index is 821. The van der Waals surface area contributed by atoms with Crippen molar-refractivity contribution in [3.05, 3.63) is 64.7 Å². The van der Waals surface area contributed by atoms with Crippen LogP contribution in [0.4, 0.5) is 5.69 Å². The molecule has 142 valence electrons. The highest BCUT2D eigenvalue weighted by Crippen LogP contribution is 2.24. The minimum Gasteiger partial charge on any atom is -0.481 e. The number of amides is 1. The van der Waals surface area contributed by atoms with E-state index >= 15 is 0 Å². The van der Waals surface area contributed by atoms with Gasteiger partial charge in [-0.05, 0) is 55.2 Å². The van der Waals surface area contributed by atoms with Crippen LogP contribution in [-0.4, -0.2) is 35.1 Å². The summed E-state index contributed by atoms with van der Waals surface area (Å²) in [7, 11) is 1.66. The van der Waals surface area contributed by atoms with E-state index < -0.39 is 17.9 Å². The third kappa shape index (κ3) is 5.31. The van der Waals surface area contributed by atoms with Gasteiger partial charge in [0.1, 0.15) is 0 Å². The van der Waals surface area contributed by atoms with Gasteiger partial charge in [0.15, 0.2) is 5.92 Å². The van der Waals surface area contributed by atoms with Crippen LogP contribution in [0.25, 0.3) is 0 Å². The van der Waals surface area contributed by atoms with E-state index in [2.05, 4.69) is 0 Å². The molecule has 0 spiro atoms. The molecule has 0 heterocycles. The molecule has 0 atom stereocenters. The summed E-state index contributed by atoms with van der Waals surface area (Å²) in [5.74, 6) is -4.31. The monoisotopic (exact) mass is 389 g/mol. The van der Waals surface area contributed by atoms with Crippen molar-refractivity contribution >= 4 is 35.1 Å². The average molecular weight is 390 g/mol. The maximum absolute atomic E-state index is 12.7. The van der Waals surface area contributed by atoms with Gasteiger partial charge in [0.2, 0.25) is 0 Å². The molecule has 0 unspecified atom stereocenters. The normalized spacial score (nSPS) is 10.6. The number of aliphatic carboxylic acids is 2. The van der Waals surface area contributed by atoms with Crippen molar-refractivity contribution in [3.8, 4) is 0 Å². The van der Waals surface area contributed by atoms with Crippen molar-refractivity contribution in [1.82, 2.24) is 0 Å². The fraction of sp³-hybridized carbons (Fsp3) is 0.250. The Kier molecular flexibility index (Phi) is 6.96. The van der Waals surface area contributed by atoms with Crippen LogP contribution in [-0.2, 0) is 16.0 Å². The topological polar surface area (TPSA) is 94.9 Å². The van der Waals surface area contributed by atoms with Crippen molar-refractivity contribution in [3.63, 3.8) is 0 Å². The first-order chi connectivity index (χ1) is 12.8. The molecule has 0 radical (unpaired) electrons. The van der Waals surface area contributed by atoms with E-state index in [1.165, 1.54) is 4.90 Å². The van der Waals surface area contributed by atoms with Crippen molar-refractivity contribution < 1.29 is 24.6 Å². The molecule has 2 N–H and O–H groups in total. The number of carboxylic acid groups (broad SMARTS) is 2. The SMILES string of the molecule is CN(C(=O)c1ccc(Cl)cc1)c1ccccc1CCCC(C(=O)O)C(=O)O. The van der Waals surface area contributed by atoms with Gasteiger partial charge in [-0.25, -0.2) is 0 Å². The van der Waals surface area contributed by atoms with Gasteiger partial charge in [-0.3, -0.25) is 14.4 Å². The fourth-order valence-electron chi connectivity index (χ4n) is 2.79. The number of hydrogen-bond acceptors (Lipinski definition) is 3. The Morgan fingerprint density at radius 1 is 1.00 bits per heavy atom. The van der Waals surface area contributed by atoms with Crippen LogP contribution in [0, 0.1) is 5.92 Å². The molecular weight excluding hydrogens is 370 g/mol. The maximum atomic E-state index is 12.7. The van der Waals surface area contributed by atoms with Gasteiger partial charge in [-0.2, -0.15) is 0 Å². The molecule has 27 heavy (non-hydrogen) atoms. The number of carbonyl (C=O) groups excluding carboxylic acids is 1. The fourth-order valence-corrected chi connectivity index (χ4v) is 2.92. The number of hydrogen-bond donors (Lipinski definition) is 2. The molecule has 7 heteroatoms. The lowest BCUT2D eigenvalue weighted by molar-refractivity contribution is -0.154. The second-order valence-corrected chi connectivity index (χ2v) is 6.56. The first kappa shape index (κ1) is 20.5. The Labute approximate surface area is 162 Å². The number of benzene rings is 2. The van der Waals surface area contributed by atoms with Gasteiger partial charge in [0, 0.05) is 23.3 Å². The second kappa shape index (κ2) is 9.19. The zero-order valence-electron chi connectivity index (χ0n) is 14.8. The van der Waals surface area contributed by atoms with Crippen molar-refractivity contribution in [1.29, 1.82) is 0 Å². The highest BCUT2D eigenvalue weighted by atomic mass is 35.5. The second-order valence-electron chi connectivity index (χ2n) is 6.12. The Balaban J connectivity index is 2.12. The zero-order valence-corrected chi connectivity index (χ0v) is 15.5. The lowest BCUT2D eigenvalue weighted by Crippen LogP contribution is -2.27. The number of carboxylic acids is 2. The Morgan fingerprint density at radius 2 is 1.59 bits per heavy atom. The van der Waals surface area contributed by atoms with Gasteiger partial charge in [-0.15, -0.1) is 0 Å². The summed E-state index contributed by atoms with van der Waals surface area (Å²) in [5, 5.41) is 18.5. The van der Waals surface area contributed by atoms with Crippen molar-refractivity contribution in [2.45, 2.75) is 19.3 Å². The van der Waals surface area contributed by atoms with Crippen LogP contribution in [0.5, 0.6) is 0 Å². The first-order valence-corrected chi connectivity index (χ1v) is 8.76. The quantitative estimate of drug-likeness (QED) is 0.671. The third-order valence-electron chi connectivity index (χ3n) is 4.28. The van der Waals surface area contributed by atoms with Crippen LogP contribution in [0.2, 0.25) is 5.02 Å². The molecule has 2 rings (SSSR count). The smallest absolute Gasteiger partial charge is 0.317 e. The molecule has 0 aromatic heterocycles. The lowest BCUT2D eigenvalue weighted by atomic mass is 9.98. The number of rotatable bonds is 8. The van der Waals surface area contributed by atoms with E-state index in [1.807, 2.05) is 18.2 Å². The van der Waals surface area contributed by atoms with Crippen molar-refractivity contribution in [2.24, 2.45) is 5.92 Å². The summed E-state index contributed by atoms with van der Waals surface area (Å²) >= 11 is 5.86. The summed E-state index contributed by atoms with van der Waals surface area (Å²) in [4.78, 5) is 36.2. The standard InChI is InChI=1S/C20H20ClNO5/c1-22(18(23)14-9-11-15(21)12-10-14)17-8-3-2-5-13(17)6-4-7-16(19(24)25)20(26)27/h2-3,5,8-12,16H,4,6-7H2,1H3,(H,24,25)(H,26,27). The predicted octanol–water partition coefficient (Wildman–Crippen LogP) is 3.72. The molecule has 2 aromatic rings. The largest absolute Gasteiger partial charge is 0.481 e. The molecule has 0 aliphatic carbocycles. The number of nitrogens with zero attached hydrogens (tertiary/aromatic N) is 1. The number of carbonyl (C=O) groups is 3. The van der Waals surface area contributed by atoms with Gasteiger partial charge >= 0.3 is 11.9 Å². The number of anilines is 1. The number of para-hydroxylation sites is 1. The van der Waals surface area contributed by atoms with Crippen LogP contribution in [0.3, 0.4) is 0 Å². The van der Waals surface area contributed by atoms with E-state index in [1.54, 1.807) is 37.4 Å². The minimum absolute atomic E-state index is 0.0217. The maximum Gasteiger partial charge on any atom is 0.317 e. The van der Waals surface area contributed by atoms with E-state index in [0.29, 0.717) is 29.1 Å².